The first-order valence-corrected chi connectivity index (χ1v) is 7.32. The van der Waals surface area contributed by atoms with E-state index in [9.17, 15) is 0 Å². The molecule has 0 aliphatic heterocycles. The van der Waals surface area contributed by atoms with Gasteiger partial charge in [-0.3, -0.25) is 0 Å². The maximum atomic E-state index is 5.95. The lowest BCUT2D eigenvalue weighted by atomic mass is 9.87. The van der Waals surface area contributed by atoms with Gasteiger partial charge in [-0.15, -0.1) is 0 Å². The molecule has 1 atom stereocenters. The third-order valence-electron chi connectivity index (χ3n) is 3.63. The molecule has 0 aliphatic rings. The van der Waals surface area contributed by atoms with Crippen LogP contribution in [0.1, 0.15) is 44.9 Å². The van der Waals surface area contributed by atoms with E-state index in [-0.39, 0.29) is 11.5 Å². The molecule has 1 N–H and O–H groups in total. The van der Waals surface area contributed by atoms with Gasteiger partial charge < -0.3 is 10.1 Å². The Morgan fingerprint density at radius 1 is 1.10 bits per heavy atom. The van der Waals surface area contributed by atoms with E-state index in [1.807, 2.05) is 31.3 Å². The zero-order valence-corrected chi connectivity index (χ0v) is 13.5. The van der Waals surface area contributed by atoms with Crippen molar-refractivity contribution in [2.24, 2.45) is 0 Å². The van der Waals surface area contributed by atoms with Crippen LogP contribution in [0, 0.1) is 0 Å². The van der Waals surface area contributed by atoms with Gasteiger partial charge in [0, 0.05) is 17.8 Å². The van der Waals surface area contributed by atoms with Crippen molar-refractivity contribution >= 4 is 0 Å². The van der Waals surface area contributed by atoms with Gasteiger partial charge in [0.05, 0.1) is 0 Å². The van der Waals surface area contributed by atoms with Crippen LogP contribution in [0.5, 0.6) is 11.6 Å². The molecule has 0 bridgehead atoms. The second-order valence-corrected chi connectivity index (χ2v) is 6.28. The molecule has 3 nitrogen and oxygen atoms in total. The molecule has 0 saturated heterocycles. The van der Waals surface area contributed by atoms with Crippen LogP contribution < -0.4 is 10.1 Å². The Kier molecular flexibility index (Phi) is 4.63. The van der Waals surface area contributed by atoms with Crippen molar-refractivity contribution in [3.8, 4) is 11.6 Å². The van der Waals surface area contributed by atoms with Gasteiger partial charge in [0.2, 0.25) is 5.88 Å². The van der Waals surface area contributed by atoms with Gasteiger partial charge in [0.15, 0.2) is 0 Å². The van der Waals surface area contributed by atoms with Crippen molar-refractivity contribution in [3.05, 3.63) is 53.7 Å². The monoisotopic (exact) mass is 284 g/mol. The van der Waals surface area contributed by atoms with Crippen LogP contribution in [0.15, 0.2) is 42.6 Å². The van der Waals surface area contributed by atoms with E-state index in [4.69, 9.17) is 4.74 Å². The molecule has 2 rings (SSSR count). The summed E-state index contributed by atoms with van der Waals surface area (Å²) in [5.74, 6) is 1.47. The summed E-state index contributed by atoms with van der Waals surface area (Å²) in [7, 11) is 1.93. The Morgan fingerprint density at radius 2 is 1.76 bits per heavy atom. The first-order valence-electron chi connectivity index (χ1n) is 7.32. The van der Waals surface area contributed by atoms with Crippen molar-refractivity contribution in [2.45, 2.75) is 39.2 Å². The fourth-order valence-corrected chi connectivity index (χ4v) is 2.11. The number of ether oxygens (including phenoxy) is 1. The first-order chi connectivity index (χ1) is 9.91. The highest BCUT2D eigenvalue weighted by Gasteiger charge is 2.14. The van der Waals surface area contributed by atoms with Crippen LogP contribution in [0.2, 0.25) is 0 Å². The number of nitrogens with one attached hydrogen (secondary N) is 1. The van der Waals surface area contributed by atoms with Crippen molar-refractivity contribution < 1.29 is 4.74 Å². The maximum absolute atomic E-state index is 5.95. The third kappa shape index (κ3) is 3.82. The Balaban J connectivity index is 2.23. The highest BCUT2D eigenvalue weighted by molar-refractivity contribution is 5.36. The Hall–Kier alpha value is -1.87. The predicted molar refractivity (Wildman–Crippen MR) is 86.9 cm³/mol. The predicted octanol–water partition coefficient (Wildman–Crippen LogP) is 4.45. The standard InChI is InChI=1S/C18H24N2O/c1-13(19-5)16-7-6-12-20-17(16)21-15-10-8-14(9-11-15)18(2,3)4/h6-13,19H,1-5H3. The van der Waals surface area contributed by atoms with E-state index in [0.29, 0.717) is 5.88 Å². The molecular formula is C18H24N2O. The summed E-state index contributed by atoms with van der Waals surface area (Å²) in [6.45, 7) is 8.70. The molecule has 0 radical (unpaired) electrons. The number of benzene rings is 1. The fourth-order valence-electron chi connectivity index (χ4n) is 2.11. The maximum Gasteiger partial charge on any atom is 0.223 e. The van der Waals surface area contributed by atoms with E-state index in [1.54, 1.807) is 6.20 Å². The largest absolute Gasteiger partial charge is 0.439 e. The molecular weight excluding hydrogens is 260 g/mol. The van der Waals surface area contributed by atoms with Gasteiger partial charge in [-0.25, -0.2) is 4.98 Å². The quantitative estimate of drug-likeness (QED) is 0.900. The molecule has 112 valence electrons. The van der Waals surface area contributed by atoms with Gasteiger partial charge >= 0.3 is 0 Å². The highest BCUT2D eigenvalue weighted by Crippen LogP contribution is 2.29. The summed E-state index contributed by atoms with van der Waals surface area (Å²) in [6.07, 6.45) is 1.75. The van der Waals surface area contributed by atoms with Crippen molar-refractivity contribution in [2.75, 3.05) is 7.05 Å². The SMILES string of the molecule is CNC(C)c1cccnc1Oc1ccc(C(C)(C)C)cc1. The van der Waals surface area contributed by atoms with Crippen molar-refractivity contribution in [3.63, 3.8) is 0 Å². The number of aromatic nitrogens is 1. The number of hydrogen-bond acceptors (Lipinski definition) is 3. The van der Waals surface area contributed by atoms with Gasteiger partial charge in [-0.1, -0.05) is 39.0 Å². The number of rotatable bonds is 4. The lowest BCUT2D eigenvalue weighted by Gasteiger charge is -2.19. The lowest BCUT2D eigenvalue weighted by Crippen LogP contribution is -2.13. The Labute approximate surface area is 127 Å². The highest BCUT2D eigenvalue weighted by atomic mass is 16.5. The van der Waals surface area contributed by atoms with Gasteiger partial charge in [-0.2, -0.15) is 0 Å². The van der Waals surface area contributed by atoms with Crippen LogP contribution in [0.25, 0.3) is 0 Å². The fraction of sp³-hybridized carbons (Fsp3) is 0.389. The molecule has 3 heteroatoms. The lowest BCUT2D eigenvalue weighted by molar-refractivity contribution is 0.446. The van der Waals surface area contributed by atoms with Crippen LogP contribution in [0.4, 0.5) is 0 Å². The first kappa shape index (κ1) is 15.5. The summed E-state index contributed by atoms with van der Waals surface area (Å²) in [4.78, 5) is 4.35. The topological polar surface area (TPSA) is 34.2 Å². The number of hydrogen-bond donors (Lipinski definition) is 1. The van der Waals surface area contributed by atoms with E-state index >= 15 is 0 Å². The number of pyridine rings is 1. The minimum Gasteiger partial charge on any atom is -0.439 e. The molecule has 21 heavy (non-hydrogen) atoms. The average molecular weight is 284 g/mol. The molecule has 0 saturated carbocycles. The van der Waals surface area contributed by atoms with Crippen LogP contribution in [-0.4, -0.2) is 12.0 Å². The molecule has 1 aromatic carbocycles. The summed E-state index contributed by atoms with van der Waals surface area (Å²) >= 11 is 0. The van der Waals surface area contributed by atoms with Gasteiger partial charge in [0.1, 0.15) is 5.75 Å². The molecule has 1 aromatic heterocycles. The zero-order valence-electron chi connectivity index (χ0n) is 13.5. The summed E-state index contributed by atoms with van der Waals surface area (Å²) in [5, 5.41) is 3.22. The minimum absolute atomic E-state index is 0.148. The van der Waals surface area contributed by atoms with Gasteiger partial charge in [0.25, 0.3) is 0 Å². The third-order valence-corrected chi connectivity index (χ3v) is 3.63. The molecule has 1 unspecified atom stereocenters. The Bertz CT molecular complexity index is 585. The summed E-state index contributed by atoms with van der Waals surface area (Å²) < 4.78 is 5.95. The molecule has 2 aromatic rings. The second-order valence-electron chi connectivity index (χ2n) is 6.28. The smallest absolute Gasteiger partial charge is 0.223 e. The van der Waals surface area contributed by atoms with E-state index in [2.05, 4.69) is 50.1 Å². The minimum atomic E-state index is 0.148. The van der Waals surface area contributed by atoms with Crippen LogP contribution >= 0.6 is 0 Å². The average Bonchev–Trinajstić information content (AvgIpc) is 2.46. The Morgan fingerprint density at radius 3 is 2.33 bits per heavy atom. The molecule has 0 fully saturated rings. The van der Waals surface area contributed by atoms with Crippen LogP contribution in [-0.2, 0) is 5.41 Å². The van der Waals surface area contributed by atoms with E-state index in [1.165, 1.54) is 5.56 Å². The molecule has 0 amide bonds. The van der Waals surface area contributed by atoms with E-state index < -0.39 is 0 Å². The van der Waals surface area contributed by atoms with Crippen molar-refractivity contribution in [1.82, 2.24) is 10.3 Å². The van der Waals surface area contributed by atoms with E-state index in [0.717, 1.165) is 11.3 Å². The molecule has 1 heterocycles. The number of nitrogens with zero attached hydrogens (tertiary/aromatic N) is 1. The van der Waals surface area contributed by atoms with Crippen molar-refractivity contribution in [1.29, 1.82) is 0 Å². The zero-order chi connectivity index (χ0) is 15.5. The summed E-state index contributed by atoms with van der Waals surface area (Å²) in [6, 6.07) is 12.4. The molecule has 0 aliphatic carbocycles. The van der Waals surface area contributed by atoms with Gasteiger partial charge in [-0.05, 0) is 43.1 Å². The molecule has 0 spiro atoms. The van der Waals surface area contributed by atoms with Crippen LogP contribution in [0.3, 0.4) is 0 Å². The normalized spacial score (nSPS) is 13.0. The summed E-state index contributed by atoms with van der Waals surface area (Å²) in [5.41, 5.74) is 2.49. The second kappa shape index (κ2) is 6.27.